The van der Waals surface area contributed by atoms with Gasteiger partial charge in [-0.1, -0.05) is 54.1 Å². The van der Waals surface area contributed by atoms with Crippen molar-refractivity contribution < 1.29 is 27.5 Å². The van der Waals surface area contributed by atoms with Crippen molar-refractivity contribution in [3.63, 3.8) is 0 Å². The molecule has 3 aromatic carbocycles. The van der Waals surface area contributed by atoms with Crippen molar-refractivity contribution in [1.82, 2.24) is 14.5 Å². The van der Waals surface area contributed by atoms with E-state index in [0.717, 1.165) is 22.9 Å². The highest BCUT2D eigenvalue weighted by Gasteiger charge is 2.35. The second-order valence-corrected chi connectivity index (χ2v) is 11.3. The molecule has 0 fully saturated rings. The lowest BCUT2D eigenvalue weighted by Crippen LogP contribution is -2.31. The highest BCUT2D eigenvalue weighted by molar-refractivity contribution is 6.34. The van der Waals surface area contributed by atoms with Crippen LogP contribution in [0.1, 0.15) is 43.2 Å². The molecular formula is C35H28ClF3N4O3. The van der Waals surface area contributed by atoms with Gasteiger partial charge in [-0.05, 0) is 59.2 Å². The summed E-state index contributed by atoms with van der Waals surface area (Å²) in [5.74, 6) is -0.569. The van der Waals surface area contributed by atoms with E-state index >= 15 is 0 Å². The smallest absolute Gasteiger partial charge is 0.417 e. The van der Waals surface area contributed by atoms with Crippen molar-refractivity contribution in [3.05, 3.63) is 136 Å². The first-order chi connectivity index (χ1) is 22.1. The summed E-state index contributed by atoms with van der Waals surface area (Å²) < 4.78 is 48.9. The lowest BCUT2D eigenvalue weighted by Gasteiger charge is -2.24. The van der Waals surface area contributed by atoms with Gasteiger partial charge in [0.15, 0.2) is 0 Å². The minimum Gasteiger partial charge on any atom is -0.496 e. The van der Waals surface area contributed by atoms with Gasteiger partial charge in [0, 0.05) is 48.0 Å². The van der Waals surface area contributed by atoms with Crippen LogP contribution in [0.25, 0.3) is 11.1 Å². The summed E-state index contributed by atoms with van der Waals surface area (Å²) in [5, 5.41) is -0.0307. The van der Waals surface area contributed by atoms with E-state index < -0.39 is 17.6 Å². The molecule has 3 heterocycles. The molecule has 1 aliphatic rings. The van der Waals surface area contributed by atoms with E-state index in [-0.39, 0.29) is 39.9 Å². The number of amides is 2. The molecule has 6 rings (SSSR count). The Morgan fingerprint density at radius 2 is 1.72 bits per heavy atom. The van der Waals surface area contributed by atoms with Gasteiger partial charge in [0.2, 0.25) is 0 Å². The standard InChI is InChI=1S/C35H28ClF3N4O3/c1-41(19-22-8-7-15-40-18-22)34(45)31-14-13-24-21-43(30-12-6-3-9-23(30)20-42(24)31)33(44)27-16-29(36)26(17-32(27)46-2)25-10-4-5-11-28(25)35(37,38)39/h3-18H,19-21H2,1-2H3. The van der Waals surface area contributed by atoms with E-state index in [1.807, 2.05) is 47.0 Å². The number of para-hydroxylation sites is 1. The molecule has 2 aromatic heterocycles. The Balaban J connectivity index is 1.37. The van der Waals surface area contributed by atoms with Gasteiger partial charge < -0.3 is 19.1 Å². The molecule has 0 aliphatic carbocycles. The van der Waals surface area contributed by atoms with Gasteiger partial charge in [0.1, 0.15) is 11.4 Å². The molecule has 0 N–H and O–H groups in total. The molecule has 0 unspecified atom stereocenters. The molecule has 5 aromatic rings. The third kappa shape index (κ3) is 5.83. The zero-order chi connectivity index (χ0) is 32.6. The minimum absolute atomic E-state index is 0.0307. The molecule has 0 spiro atoms. The van der Waals surface area contributed by atoms with Gasteiger partial charge in [-0.3, -0.25) is 14.6 Å². The zero-order valence-corrected chi connectivity index (χ0v) is 25.6. The van der Waals surface area contributed by atoms with Crippen LogP contribution in [0.3, 0.4) is 0 Å². The quantitative estimate of drug-likeness (QED) is 0.190. The van der Waals surface area contributed by atoms with Gasteiger partial charge in [-0.2, -0.15) is 13.2 Å². The molecule has 0 radical (unpaired) electrons. The lowest BCUT2D eigenvalue weighted by atomic mass is 9.97. The first-order valence-electron chi connectivity index (χ1n) is 14.3. The number of carbonyl (C=O) groups is 2. The number of hydrogen-bond donors (Lipinski definition) is 0. The number of hydrogen-bond acceptors (Lipinski definition) is 4. The number of benzene rings is 3. The average molecular weight is 645 g/mol. The van der Waals surface area contributed by atoms with E-state index in [2.05, 4.69) is 4.98 Å². The van der Waals surface area contributed by atoms with E-state index in [4.69, 9.17) is 16.3 Å². The Morgan fingerprint density at radius 1 is 0.957 bits per heavy atom. The topological polar surface area (TPSA) is 67.7 Å². The zero-order valence-electron chi connectivity index (χ0n) is 24.9. The highest BCUT2D eigenvalue weighted by atomic mass is 35.5. The van der Waals surface area contributed by atoms with Gasteiger partial charge in [-0.15, -0.1) is 0 Å². The summed E-state index contributed by atoms with van der Waals surface area (Å²) in [7, 11) is 3.07. The first-order valence-corrected chi connectivity index (χ1v) is 14.7. The Morgan fingerprint density at radius 3 is 2.46 bits per heavy atom. The highest BCUT2D eigenvalue weighted by Crippen LogP contribution is 2.42. The predicted octanol–water partition coefficient (Wildman–Crippen LogP) is 7.71. The summed E-state index contributed by atoms with van der Waals surface area (Å²) in [6, 6.07) is 22.5. The molecular weight excluding hydrogens is 617 g/mol. The van der Waals surface area contributed by atoms with Crippen LogP contribution >= 0.6 is 11.6 Å². The number of halogens is 4. The number of anilines is 1. The largest absolute Gasteiger partial charge is 0.496 e. The number of alkyl halides is 3. The van der Waals surface area contributed by atoms with Crippen LogP contribution in [0.15, 0.2) is 97.3 Å². The summed E-state index contributed by atoms with van der Waals surface area (Å²) in [5.41, 5.74) is 2.72. The number of carbonyl (C=O) groups excluding carboxylic acids is 2. The van der Waals surface area contributed by atoms with Crippen molar-refractivity contribution >= 4 is 29.1 Å². The molecule has 2 amide bonds. The molecule has 46 heavy (non-hydrogen) atoms. The van der Waals surface area contributed by atoms with Crippen molar-refractivity contribution in [2.24, 2.45) is 0 Å². The minimum atomic E-state index is -4.61. The number of rotatable bonds is 6. The maximum Gasteiger partial charge on any atom is 0.417 e. The Bertz CT molecular complexity index is 1940. The lowest BCUT2D eigenvalue weighted by molar-refractivity contribution is -0.137. The molecule has 0 atom stereocenters. The van der Waals surface area contributed by atoms with Crippen LogP contribution in [0.2, 0.25) is 5.02 Å². The summed E-state index contributed by atoms with van der Waals surface area (Å²) in [6.07, 6.45) is -1.22. The fraction of sp³-hybridized carbons (Fsp3) is 0.171. The second-order valence-electron chi connectivity index (χ2n) is 10.9. The van der Waals surface area contributed by atoms with Crippen LogP contribution in [0, 0.1) is 0 Å². The van der Waals surface area contributed by atoms with Crippen molar-refractivity contribution in [2.75, 3.05) is 19.1 Å². The van der Waals surface area contributed by atoms with E-state index in [1.54, 1.807) is 35.3 Å². The normalized spacial score (nSPS) is 12.6. The maximum atomic E-state index is 14.3. The molecule has 0 bridgehead atoms. The SMILES string of the molecule is COc1cc(-c2ccccc2C(F)(F)F)c(Cl)cc1C(=O)N1Cc2ccc(C(=O)N(C)Cc3cccnc3)n2Cc2ccccc21. The van der Waals surface area contributed by atoms with Crippen LogP contribution in [0.5, 0.6) is 5.75 Å². The number of aromatic nitrogens is 2. The van der Waals surface area contributed by atoms with E-state index in [0.29, 0.717) is 24.5 Å². The number of ether oxygens (including phenoxy) is 1. The van der Waals surface area contributed by atoms with Crippen LogP contribution in [0.4, 0.5) is 18.9 Å². The van der Waals surface area contributed by atoms with Gasteiger partial charge in [0.05, 0.1) is 31.3 Å². The summed E-state index contributed by atoms with van der Waals surface area (Å²) in [4.78, 5) is 35.2. The fourth-order valence-electron chi connectivity index (χ4n) is 5.77. The van der Waals surface area contributed by atoms with Crippen LogP contribution in [-0.4, -0.2) is 40.4 Å². The van der Waals surface area contributed by atoms with E-state index in [9.17, 15) is 22.8 Å². The van der Waals surface area contributed by atoms with Crippen LogP contribution < -0.4 is 9.64 Å². The third-order valence-electron chi connectivity index (χ3n) is 8.00. The van der Waals surface area contributed by atoms with Crippen molar-refractivity contribution in [3.8, 4) is 16.9 Å². The summed E-state index contributed by atoms with van der Waals surface area (Å²) >= 11 is 6.59. The molecule has 1 aliphatic heterocycles. The predicted molar refractivity (Wildman–Crippen MR) is 169 cm³/mol. The van der Waals surface area contributed by atoms with Crippen molar-refractivity contribution in [2.45, 2.75) is 25.8 Å². The van der Waals surface area contributed by atoms with E-state index in [1.165, 1.54) is 37.4 Å². The van der Waals surface area contributed by atoms with Gasteiger partial charge in [-0.25, -0.2) is 0 Å². The fourth-order valence-corrected chi connectivity index (χ4v) is 6.03. The number of nitrogens with zero attached hydrogens (tertiary/aromatic N) is 4. The number of fused-ring (bicyclic) bond motifs is 2. The average Bonchev–Trinajstić information content (AvgIpc) is 3.36. The molecule has 11 heteroatoms. The van der Waals surface area contributed by atoms with Gasteiger partial charge >= 0.3 is 6.18 Å². The second kappa shape index (κ2) is 12.4. The van der Waals surface area contributed by atoms with Crippen molar-refractivity contribution in [1.29, 1.82) is 0 Å². The Labute approximate surface area is 268 Å². The molecule has 7 nitrogen and oxygen atoms in total. The monoisotopic (exact) mass is 644 g/mol. The maximum absolute atomic E-state index is 14.3. The first kappa shape index (κ1) is 30.9. The van der Waals surface area contributed by atoms with Crippen LogP contribution in [-0.2, 0) is 25.8 Å². The van der Waals surface area contributed by atoms with Gasteiger partial charge in [0.25, 0.3) is 11.8 Å². The molecule has 0 saturated heterocycles. The molecule has 0 saturated carbocycles. The Kier molecular flexibility index (Phi) is 8.31. The Hall–Kier alpha value is -5.09. The summed E-state index contributed by atoms with van der Waals surface area (Å²) in [6.45, 7) is 0.836. The number of methoxy groups -OCH3 is 1. The number of pyridine rings is 1. The molecule has 234 valence electrons. The third-order valence-corrected chi connectivity index (χ3v) is 8.31.